The standard InChI is InChI=1S/C23H26N4OS/c1-16-15-19(17(2)27(16)18-9-5-4-6-10-18)22-21(20-11-7-8-12-24-20)25-23(29)26(22)13-14-28-3/h4-12,15,21-22H,13-14H2,1-3H3,(H,25,29)/t21-,22-/m0/s1. The molecule has 29 heavy (non-hydrogen) atoms. The van der Waals surface area contributed by atoms with Crippen LogP contribution in [0.5, 0.6) is 0 Å². The quantitative estimate of drug-likeness (QED) is 0.624. The first-order valence-corrected chi connectivity index (χ1v) is 10.2. The molecule has 4 rings (SSSR count). The van der Waals surface area contributed by atoms with Gasteiger partial charge in [-0.3, -0.25) is 4.98 Å². The number of para-hydroxylation sites is 1. The van der Waals surface area contributed by atoms with Gasteiger partial charge in [-0.15, -0.1) is 0 Å². The Labute approximate surface area is 177 Å². The number of aromatic nitrogens is 2. The molecule has 150 valence electrons. The van der Waals surface area contributed by atoms with Crippen LogP contribution in [0, 0.1) is 13.8 Å². The number of ether oxygens (including phenoxy) is 1. The summed E-state index contributed by atoms with van der Waals surface area (Å²) in [6.45, 7) is 5.68. The summed E-state index contributed by atoms with van der Waals surface area (Å²) in [6.07, 6.45) is 1.84. The number of nitrogens with zero attached hydrogens (tertiary/aromatic N) is 3. The van der Waals surface area contributed by atoms with Crippen molar-refractivity contribution in [2.45, 2.75) is 25.9 Å². The topological polar surface area (TPSA) is 42.3 Å². The van der Waals surface area contributed by atoms with Crippen molar-refractivity contribution in [3.05, 3.63) is 83.4 Å². The fourth-order valence-electron chi connectivity index (χ4n) is 4.24. The van der Waals surface area contributed by atoms with Gasteiger partial charge in [0.05, 0.1) is 24.4 Å². The van der Waals surface area contributed by atoms with Gasteiger partial charge in [-0.2, -0.15) is 0 Å². The van der Waals surface area contributed by atoms with E-state index in [1.807, 2.05) is 24.4 Å². The Balaban J connectivity index is 1.81. The maximum absolute atomic E-state index is 5.71. The fourth-order valence-corrected chi connectivity index (χ4v) is 4.57. The van der Waals surface area contributed by atoms with Crippen molar-refractivity contribution >= 4 is 17.3 Å². The number of thiocarbonyl (C=S) groups is 1. The maximum Gasteiger partial charge on any atom is 0.170 e. The number of rotatable bonds is 6. The van der Waals surface area contributed by atoms with Crippen molar-refractivity contribution in [2.75, 3.05) is 20.3 Å². The van der Waals surface area contributed by atoms with Gasteiger partial charge in [0.15, 0.2) is 5.11 Å². The van der Waals surface area contributed by atoms with E-state index in [9.17, 15) is 0 Å². The summed E-state index contributed by atoms with van der Waals surface area (Å²) >= 11 is 5.71. The number of benzene rings is 1. The highest BCUT2D eigenvalue weighted by atomic mass is 32.1. The van der Waals surface area contributed by atoms with Crippen molar-refractivity contribution in [3.8, 4) is 5.69 Å². The van der Waals surface area contributed by atoms with Gasteiger partial charge in [0.2, 0.25) is 0 Å². The number of aryl methyl sites for hydroxylation is 1. The zero-order valence-corrected chi connectivity index (χ0v) is 17.8. The molecule has 0 spiro atoms. The van der Waals surface area contributed by atoms with Gasteiger partial charge < -0.3 is 19.5 Å². The SMILES string of the molecule is COCCN1C(=S)N[C@@H](c2ccccn2)[C@@H]1c1cc(C)n(-c2ccccc2)c1C. The summed E-state index contributed by atoms with van der Waals surface area (Å²) < 4.78 is 7.66. The van der Waals surface area contributed by atoms with Gasteiger partial charge in [0.1, 0.15) is 0 Å². The van der Waals surface area contributed by atoms with E-state index < -0.39 is 0 Å². The molecule has 1 fully saturated rings. The molecule has 1 aliphatic heterocycles. The lowest BCUT2D eigenvalue weighted by atomic mass is 9.97. The smallest absolute Gasteiger partial charge is 0.170 e. The van der Waals surface area contributed by atoms with Crippen molar-refractivity contribution in [1.29, 1.82) is 0 Å². The molecule has 3 heterocycles. The van der Waals surface area contributed by atoms with Crippen LogP contribution in [0.4, 0.5) is 0 Å². The van der Waals surface area contributed by atoms with Crippen LogP contribution in [0.2, 0.25) is 0 Å². The first-order chi connectivity index (χ1) is 14.1. The Kier molecular flexibility index (Phi) is 5.65. The van der Waals surface area contributed by atoms with Crippen LogP contribution in [0.25, 0.3) is 5.69 Å². The number of pyridine rings is 1. The normalized spacial score (nSPS) is 18.9. The zero-order valence-electron chi connectivity index (χ0n) is 17.0. The Morgan fingerprint density at radius 3 is 2.55 bits per heavy atom. The van der Waals surface area contributed by atoms with E-state index in [-0.39, 0.29) is 12.1 Å². The van der Waals surface area contributed by atoms with E-state index in [1.165, 1.54) is 22.6 Å². The van der Waals surface area contributed by atoms with Crippen LogP contribution in [0.1, 0.15) is 34.7 Å². The molecule has 0 amide bonds. The van der Waals surface area contributed by atoms with Crippen molar-refractivity contribution < 1.29 is 4.74 Å². The molecule has 0 saturated carbocycles. The van der Waals surface area contributed by atoms with Crippen molar-refractivity contribution in [3.63, 3.8) is 0 Å². The Bertz CT molecular complexity index is 987. The minimum Gasteiger partial charge on any atom is -0.383 e. The molecular weight excluding hydrogens is 380 g/mol. The largest absolute Gasteiger partial charge is 0.383 e. The molecule has 1 N–H and O–H groups in total. The first kappa shape index (κ1) is 19.6. The average molecular weight is 407 g/mol. The number of methoxy groups -OCH3 is 1. The van der Waals surface area contributed by atoms with E-state index in [2.05, 4.69) is 70.0 Å². The summed E-state index contributed by atoms with van der Waals surface area (Å²) in [5.41, 5.74) is 5.83. The molecule has 2 aromatic heterocycles. The number of nitrogens with one attached hydrogen (secondary N) is 1. The molecule has 0 unspecified atom stereocenters. The first-order valence-electron chi connectivity index (χ1n) is 9.83. The van der Waals surface area contributed by atoms with E-state index in [0.717, 1.165) is 17.4 Å². The lowest BCUT2D eigenvalue weighted by Crippen LogP contribution is -2.32. The monoisotopic (exact) mass is 406 g/mol. The zero-order chi connectivity index (χ0) is 20.4. The Morgan fingerprint density at radius 2 is 1.86 bits per heavy atom. The van der Waals surface area contributed by atoms with Gasteiger partial charge in [-0.25, -0.2) is 0 Å². The number of hydrogen-bond donors (Lipinski definition) is 1. The lowest BCUT2D eigenvalue weighted by molar-refractivity contribution is 0.164. The van der Waals surface area contributed by atoms with Crippen LogP contribution in [0.15, 0.2) is 60.8 Å². The fraction of sp³-hybridized carbons (Fsp3) is 0.304. The van der Waals surface area contributed by atoms with Crippen LogP contribution >= 0.6 is 12.2 Å². The van der Waals surface area contributed by atoms with Gasteiger partial charge in [0.25, 0.3) is 0 Å². The average Bonchev–Trinajstić information content (AvgIpc) is 3.23. The summed E-state index contributed by atoms with van der Waals surface area (Å²) in [5.74, 6) is 0. The van der Waals surface area contributed by atoms with Crippen LogP contribution in [-0.4, -0.2) is 39.8 Å². The van der Waals surface area contributed by atoms with Crippen LogP contribution in [-0.2, 0) is 4.74 Å². The van der Waals surface area contributed by atoms with Gasteiger partial charge in [-0.1, -0.05) is 24.3 Å². The highest BCUT2D eigenvalue weighted by molar-refractivity contribution is 7.80. The van der Waals surface area contributed by atoms with E-state index >= 15 is 0 Å². The molecule has 1 aromatic carbocycles. The summed E-state index contributed by atoms with van der Waals surface area (Å²) in [5, 5.41) is 4.25. The third-order valence-corrected chi connectivity index (χ3v) is 5.89. The number of hydrogen-bond acceptors (Lipinski definition) is 3. The van der Waals surface area contributed by atoms with Gasteiger partial charge in [-0.05, 0) is 62.0 Å². The molecule has 1 saturated heterocycles. The summed E-state index contributed by atoms with van der Waals surface area (Å²) in [6, 6.07) is 18.8. The summed E-state index contributed by atoms with van der Waals surface area (Å²) in [4.78, 5) is 6.85. The molecule has 2 atom stereocenters. The molecule has 0 aliphatic carbocycles. The predicted octanol–water partition coefficient (Wildman–Crippen LogP) is 4.11. The lowest BCUT2D eigenvalue weighted by Gasteiger charge is -2.28. The highest BCUT2D eigenvalue weighted by Crippen LogP contribution is 2.41. The van der Waals surface area contributed by atoms with Crippen molar-refractivity contribution in [1.82, 2.24) is 19.8 Å². The van der Waals surface area contributed by atoms with E-state index in [0.29, 0.717) is 6.61 Å². The Hall–Kier alpha value is -2.70. The van der Waals surface area contributed by atoms with Gasteiger partial charge >= 0.3 is 0 Å². The van der Waals surface area contributed by atoms with Crippen LogP contribution < -0.4 is 5.32 Å². The molecule has 3 aromatic rings. The second kappa shape index (κ2) is 8.35. The molecule has 6 heteroatoms. The maximum atomic E-state index is 5.71. The van der Waals surface area contributed by atoms with Crippen LogP contribution in [0.3, 0.4) is 0 Å². The molecular formula is C23H26N4OS. The third-order valence-electron chi connectivity index (χ3n) is 5.54. The second-order valence-corrected chi connectivity index (χ2v) is 7.70. The minimum atomic E-state index is -0.00900. The highest BCUT2D eigenvalue weighted by Gasteiger charge is 2.41. The van der Waals surface area contributed by atoms with E-state index in [1.54, 1.807) is 7.11 Å². The minimum absolute atomic E-state index is 0.00900. The van der Waals surface area contributed by atoms with Crippen molar-refractivity contribution in [2.24, 2.45) is 0 Å². The summed E-state index contributed by atoms with van der Waals surface area (Å²) in [7, 11) is 1.72. The molecule has 1 aliphatic rings. The van der Waals surface area contributed by atoms with Gasteiger partial charge in [0, 0.05) is 36.9 Å². The molecule has 0 radical (unpaired) electrons. The Morgan fingerprint density at radius 1 is 1.10 bits per heavy atom. The predicted molar refractivity (Wildman–Crippen MR) is 119 cm³/mol. The molecule has 5 nitrogen and oxygen atoms in total. The second-order valence-electron chi connectivity index (χ2n) is 7.31. The molecule has 0 bridgehead atoms. The van der Waals surface area contributed by atoms with E-state index in [4.69, 9.17) is 17.0 Å². The third kappa shape index (κ3) is 3.66.